The van der Waals surface area contributed by atoms with Crippen LogP contribution in [0.25, 0.3) is 0 Å². The van der Waals surface area contributed by atoms with Gasteiger partial charge in [0, 0.05) is 12.1 Å². The Kier molecular flexibility index (Phi) is 4.62. The second-order valence-electron chi connectivity index (χ2n) is 4.33. The first-order chi connectivity index (χ1) is 7.57. The lowest BCUT2D eigenvalue weighted by Gasteiger charge is -2.24. The Bertz CT molecular complexity index is 335. The van der Waals surface area contributed by atoms with E-state index in [0.29, 0.717) is 0 Å². The Morgan fingerprint density at radius 3 is 2.56 bits per heavy atom. The van der Waals surface area contributed by atoms with Gasteiger partial charge in [-0.05, 0) is 32.6 Å². The summed E-state index contributed by atoms with van der Waals surface area (Å²) in [6.07, 6.45) is 2.60. The summed E-state index contributed by atoms with van der Waals surface area (Å²) >= 11 is 0. The summed E-state index contributed by atoms with van der Waals surface area (Å²) in [5, 5.41) is 0. The van der Waals surface area contributed by atoms with Gasteiger partial charge in [0.1, 0.15) is 6.04 Å². The van der Waals surface area contributed by atoms with Crippen LogP contribution in [-0.2, 0) is 4.79 Å². The van der Waals surface area contributed by atoms with Crippen molar-refractivity contribution in [3.63, 3.8) is 0 Å². The number of aromatic nitrogens is 1. The van der Waals surface area contributed by atoms with Gasteiger partial charge in [-0.2, -0.15) is 0 Å². The number of carbonyl (C=O) groups excluding carboxylic acids is 1. The van der Waals surface area contributed by atoms with Gasteiger partial charge in [0.05, 0.1) is 5.69 Å². The van der Waals surface area contributed by atoms with Crippen molar-refractivity contribution in [3.05, 3.63) is 30.1 Å². The van der Waals surface area contributed by atoms with Crippen molar-refractivity contribution in [1.29, 1.82) is 0 Å². The van der Waals surface area contributed by atoms with Gasteiger partial charge in [-0.1, -0.05) is 19.9 Å². The number of pyridine rings is 1. The molecule has 2 unspecified atom stereocenters. The standard InChI is InChI=1S/C13H20N2O/c1-5-10(2)13(16)12(15(3)4)11-8-6-7-9-14-11/h6-10,12H,5H2,1-4H3. The van der Waals surface area contributed by atoms with Crippen LogP contribution in [0.1, 0.15) is 32.0 Å². The molecule has 1 aromatic rings. The highest BCUT2D eigenvalue weighted by atomic mass is 16.1. The number of rotatable bonds is 5. The summed E-state index contributed by atoms with van der Waals surface area (Å²) in [6, 6.07) is 5.47. The predicted molar refractivity (Wildman–Crippen MR) is 65.1 cm³/mol. The first-order valence-electron chi connectivity index (χ1n) is 5.69. The summed E-state index contributed by atoms with van der Waals surface area (Å²) in [4.78, 5) is 18.4. The monoisotopic (exact) mass is 220 g/mol. The molecule has 0 radical (unpaired) electrons. The zero-order chi connectivity index (χ0) is 12.1. The molecule has 1 heterocycles. The molecule has 3 nitrogen and oxygen atoms in total. The molecule has 0 fully saturated rings. The number of ketones is 1. The number of Topliss-reactive ketones (excluding diaryl/α,β-unsaturated/α-hetero) is 1. The van der Waals surface area contributed by atoms with Crippen LogP contribution in [0.2, 0.25) is 0 Å². The Labute approximate surface area is 97.5 Å². The molecule has 1 rings (SSSR count). The van der Waals surface area contributed by atoms with Crippen molar-refractivity contribution >= 4 is 5.78 Å². The molecular formula is C13H20N2O. The lowest BCUT2D eigenvalue weighted by Crippen LogP contribution is -2.31. The highest BCUT2D eigenvalue weighted by Crippen LogP contribution is 2.21. The molecule has 0 saturated heterocycles. The van der Waals surface area contributed by atoms with E-state index >= 15 is 0 Å². The number of carbonyl (C=O) groups is 1. The molecule has 0 aliphatic heterocycles. The van der Waals surface area contributed by atoms with Crippen LogP contribution in [0.4, 0.5) is 0 Å². The SMILES string of the molecule is CCC(C)C(=O)C(c1ccccn1)N(C)C. The van der Waals surface area contributed by atoms with E-state index in [-0.39, 0.29) is 17.7 Å². The second kappa shape index (κ2) is 5.75. The number of hydrogen-bond acceptors (Lipinski definition) is 3. The number of nitrogens with zero attached hydrogens (tertiary/aromatic N) is 2. The molecular weight excluding hydrogens is 200 g/mol. The van der Waals surface area contributed by atoms with E-state index in [0.717, 1.165) is 12.1 Å². The summed E-state index contributed by atoms with van der Waals surface area (Å²) in [7, 11) is 3.83. The zero-order valence-corrected chi connectivity index (χ0v) is 10.5. The van der Waals surface area contributed by atoms with E-state index in [2.05, 4.69) is 4.98 Å². The molecule has 0 aromatic carbocycles. The molecule has 88 valence electrons. The van der Waals surface area contributed by atoms with Crippen molar-refractivity contribution in [1.82, 2.24) is 9.88 Å². The first-order valence-corrected chi connectivity index (χ1v) is 5.69. The average molecular weight is 220 g/mol. The predicted octanol–water partition coefficient (Wildman–Crippen LogP) is 2.30. The third kappa shape index (κ3) is 2.89. The lowest BCUT2D eigenvalue weighted by atomic mass is 9.94. The van der Waals surface area contributed by atoms with Gasteiger partial charge in [-0.25, -0.2) is 0 Å². The maximum absolute atomic E-state index is 12.2. The van der Waals surface area contributed by atoms with Crippen LogP contribution in [0.5, 0.6) is 0 Å². The van der Waals surface area contributed by atoms with Crippen molar-refractivity contribution in [2.75, 3.05) is 14.1 Å². The van der Waals surface area contributed by atoms with E-state index in [4.69, 9.17) is 0 Å². The van der Waals surface area contributed by atoms with Gasteiger partial charge in [0.25, 0.3) is 0 Å². The second-order valence-corrected chi connectivity index (χ2v) is 4.33. The highest BCUT2D eigenvalue weighted by Gasteiger charge is 2.27. The molecule has 0 aliphatic carbocycles. The van der Waals surface area contributed by atoms with E-state index in [1.165, 1.54) is 0 Å². The first kappa shape index (κ1) is 12.8. The quantitative estimate of drug-likeness (QED) is 0.763. The topological polar surface area (TPSA) is 33.2 Å². The van der Waals surface area contributed by atoms with Crippen molar-refractivity contribution < 1.29 is 4.79 Å². The molecule has 2 atom stereocenters. The minimum Gasteiger partial charge on any atom is -0.297 e. The summed E-state index contributed by atoms with van der Waals surface area (Å²) in [5.74, 6) is 0.320. The molecule has 3 heteroatoms. The average Bonchev–Trinajstić information content (AvgIpc) is 2.29. The van der Waals surface area contributed by atoms with E-state index < -0.39 is 0 Å². The van der Waals surface area contributed by atoms with Gasteiger partial charge >= 0.3 is 0 Å². The van der Waals surface area contributed by atoms with Crippen LogP contribution in [0, 0.1) is 5.92 Å². The third-order valence-electron chi connectivity index (χ3n) is 2.85. The molecule has 0 aliphatic rings. The molecule has 0 N–H and O–H groups in total. The minimum absolute atomic E-state index is 0.0782. The largest absolute Gasteiger partial charge is 0.297 e. The molecule has 0 saturated carbocycles. The van der Waals surface area contributed by atoms with E-state index in [9.17, 15) is 4.79 Å². The maximum atomic E-state index is 12.2. The van der Waals surface area contributed by atoms with Gasteiger partial charge < -0.3 is 0 Å². The molecule has 16 heavy (non-hydrogen) atoms. The normalized spacial score (nSPS) is 14.8. The fourth-order valence-electron chi connectivity index (χ4n) is 1.67. The van der Waals surface area contributed by atoms with Gasteiger partial charge in [-0.3, -0.25) is 14.7 Å². The van der Waals surface area contributed by atoms with Crippen molar-refractivity contribution in [2.24, 2.45) is 5.92 Å². The highest BCUT2D eigenvalue weighted by molar-refractivity contribution is 5.86. The van der Waals surface area contributed by atoms with Crippen molar-refractivity contribution in [3.8, 4) is 0 Å². The summed E-state index contributed by atoms with van der Waals surface area (Å²) in [6.45, 7) is 4.01. The van der Waals surface area contributed by atoms with Gasteiger partial charge in [-0.15, -0.1) is 0 Å². The number of likely N-dealkylation sites (N-methyl/N-ethyl adjacent to an activating group) is 1. The molecule has 0 bridgehead atoms. The summed E-state index contributed by atoms with van der Waals surface area (Å²) in [5.41, 5.74) is 0.831. The van der Waals surface area contributed by atoms with E-state index in [1.54, 1.807) is 6.20 Å². The van der Waals surface area contributed by atoms with Crippen LogP contribution in [-0.4, -0.2) is 29.8 Å². The Morgan fingerprint density at radius 2 is 2.12 bits per heavy atom. The fraction of sp³-hybridized carbons (Fsp3) is 0.538. The fourth-order valence-corrected chi connectivity index (χ4v) is 1.67. The Balaban J connectivity index is 2.97. The lowest BCUT2D eigenvalue weighted by molar-refractivity contribution is -0.127. The van der Waals surface area contributed by atoms with Gasteiger partial charge in [0.15, 0.2) is 5.78 Å². The maximum Gasteiger partial charge on any atom is 0.158 e. The molecule has 1 aromatic heterocycles. The minimum atomic E-state index is -0.226. The van der Waals surface area contributed by atoms with Crippen LogP contribution >= 0.6 is 0 Å². The molecule has 0 amide bonds. The Hall–Kier alpha value is -1.22. The van der Waals surface area contributed by atoms with Gasteiger partial charge in [0.2, 0.25) is 0 Å². The van der Waals surface area contributed by atoms with Crippen molar-refractivity contribution in [2.45, 2.75) is 26.3 Å². The number of hydrogen-bond donors (Lipinski definition) is 0. The molecule has 0 spiro atoms. The summed E-state index contributed by atoms with van der Waals surface area (Å²) < 4.78 is 0. The van der Waals surface area contributed by atoms with Crippen LogP contribution in [0.15, 0.2) is 24.4 Å². The smallest absolute Gasteiger partial charge is 0.158 e. The zero-order valence-electron chi connectivity index (χ0n) is 10.5. The third-order valence-corrected chi connectivity index (χ3v) is 2.85. The van der Waals surface area contributed by atoms with E-state index in [1.807, 2.05) is 51.0 Å². The van der Waals surface area contributed by atoms with Crippen LogP contribution < -0.4 is 0 Å². The van der Waals surface area contributed by atoms with Crippen LogP contribution in [0.3, 0.4) is 0 Å². The Morgan fingerprint density at radius 1 is 1.44 bits per heavy atom.